The number of benzene rings is 1. The Morgan fingerprint density at radius 3 is 2.47 bits per heavy atom. The van der Waals surface area contributed by atoms with Crippen LogP contribution in [-0.2, 0) is 4.79 Å². The van der Waals surface area contributed by atoms with E-state index in [1.54, 1.807) is 18.2 Å². The first-order valence-electron chi connectivity index (χ1n) is 5.43. The van der Waals surface area contributed by atoms with Crippen LogP contribution in [0.15, 0.2) is 18.2 Å². The molecule has 0 aromatic heterocycles. The Morgan fingerprint density at radius 2 is 1.94 bits per heavy atom. The molecule has 5 heteroatoms. The molecule has 0 aliphatic rings. The molecule has 1 rings (SSSR count). The lowest BCUT2D eigenvalue weighted by molar-refractivity contribution is -0.123. The predicted octanol–water partition coefficient (Wildman–Crippen LogP) is 2.94. The molecule has 0 spiro atoms. The fourth-order valence-corrected chi connectivity index (χ4v) is 1.94. The summed E-state index contributed by atoms with van der Waals surface area (Å²) < 4.78 is 0. The van der Waals surface area contributed by atoms with Crippen LogP contribution in [0.3, 0.4) is 0 Å². The van der Waals surface area contributed by atoms with Crippen molar-refractivity contribution in [1.82, 2.24) is 5.32 Å². The summed E-state index contributed by atoms with van der Waals surface area (Å²) >= 11 is 11.6. The molecule has 0 saturated heterocycles. The van der Waals surface area contributed by atoms with Crippen molar-refractivity contribution in [3.05, 3.63) is 33.8 Å². The Balaban J connectivity index is 2.63. The summed E-state index contributed by atoms with van der Waals surface area (Å²) in [7, 11) is 0. The van der Waals surface area contributed by atoms with E-state index in [1.165, 1.54) is 0 Å². The van der Waals surface area contributed by atoms with Gasteiger partial charge in [0.25, 0.3) is 0 Å². The summed E-state index contributed by atoms with van der Waals surface area (Å²) in [5.74, 6) is -0.185. The quantitative estimate of drug-likeness (QED) is 0.868. The van der Waals surface area contributed by atoms with Gasteiger partial charge in [-0.15, -0.1) is 0 Å². The number of aliphatic hydroxyl groups excluding tert-OH is 1. The Kier molecular flexibility index (Phi) is 5.75. The summed E-state index contributed by atoms with van der Waals surface area (Å²) in [6, 6.07) is 4.78. The molecule has 94 valence electrons. The van der Waals surface area contributed by atoms with E-state index in [1.807, 2.05) is 6.92 Å². The van der Waals surface area contributed by atoms with Crippen LogP contribution < -0.4 is 5.32 Å². The molecule has 17 heavy (non-hydrogen) atoms. The molecule has 0 aliphatic heterocycles. The second-order valence-electron chi connectivity index (χ2n) is 3.77. The third-order valence-corrected chi connectivity index (χ3v) is 2.66. The van der Waals surface area contributed by atoms with Crippen molar-refractivity contribution in [3.8, 4) is 0 Å². The van der Waals surface area contributed by atoms with Gasteiger partial charge >= 0.3 is 0 Å². The van der Waals surface area contributed by atoms with Crippen LogP contribution in [0, 0.1) is 0 Å². The number of halogens is 2. The highest BCUT2D eigenvalue weighted by atomic mass is 35.5. The third-order valence-electron chi connectivity index (χ3n) is 2.22. The zero-order chi connectivity index (χ0) is 12.8. The summed E-state index contributed by atoms with van der Waals surface area (Å²) in [4.78, 5) is 11.4. The van der Waals surface area contributed by atoms with Gasteiger partial charge in [0.15, 0.2) is 0 Å². The highest BCUT2D eigenvalue weighted by molar-refractivity contribution is 6.34. The van der Waals surface area contributed by atoms with E-state index in [0.717, 1.165) is 6.42 Å². The normalized spacial score (nSPS) is 12.2. The summed E-state index contributed by atoms with van der Waals surface area (Å²) in [6.45, 7) is 2.58. The number of hydrogen-bond acceptors (Lipinski definition) is 2. The van der Waals surface area contributed by atoms with Crippen molar-refractivity contribution in [1.29, 1.82) is 0 Å². The zero-order valence-electron chi connectivity index (χ0n) is 9.54. The van der Waals surface area contributed by atoms with E-state index in [2.05, 4.69) is 5.32 Å². The number of aliphatic hydroxyl groups is 1. The summed E-state index contributed by atoms with van der Waals surface area (Å²) in [5, 5.41) is 13.4. The summed E-state index contributed by atoms with van der Waals surface area (Å²) in [5.41, 5.74) is 0.550. The van der Waals surface area contributed by atoms with E-state index in [9.17, 15) is 9.90 Å². The number of nitrogens with one attached hydrogen (secondary N) is 1. The molecule has 0 bridgehead atoms. The lowest BCUT2D eigenvalue weighted by Crippen LogP contribution is -2.25. The zero-order valence-corrected chi connectivity index (χ0v) is 11.1. The predicted molar refractivity (Wildman–Crippen MR) is 69.3 cm³/mol. The Bertz CT molecular complexity index is 376. The maximum absolute atomic E-state index is 11.4. The fourth-order valence-electron chi connectivity index (χ4n) is 1.40. The lowest BCUT2D eigenvalue weighted by atomic mass is 10.1. The number of carbonyl (C=O) groups is 1. The molecule has 1 atom stereocenters. The maximum atomic E-state index is 11.4. The molecule has 1 aromatic carbocycles. The van der Waals surface area contributed by atoms with Gasteiger partial charge in [0.05, 0.1) is 12.5 Å². The van der Waals surface area contributed by atoms with Gasteiger partial charge in [-0.1, -0.05) is 30.1 Å². The van der Waals surface area contributed by atoms with Gasteiger partial charge in [0.1, 0.15) is 0 Å². The monoisotopic (exact) mass is 275 g/mol. The lowest BCUT2D eigenvalue weighted by Gasteiger charge is -2.11. The van der Waals surface area contributed by atoms with Gasteiger partial charge in [-0.3, -0.25) is 4.79 Å². The second-order valence-corrected chi connectivity index (χ2v) is 4.65. The van der Waals surface area contributed by atoms with Crippen LogP contribution in [0.2, 0.25) is 10.0 Å². The number of hydrogen-bond donors (Lipinski definition) is 2. The largest absolute Gasteiger partial charge is 0.388 e. The minimum Gasteiger partial charge on any atom is -0.388 e. The highest BCUT2D eigenvalue weighted by Crippen LogP contribution is 2.25. The van der Waals surface area contributed by atoms with Crippen molar-refractivity contribution in [2.45, 2.75) is 25.9 Å². The molecule has 1 unspecified atom stereocenters. The van der Waals surface area contributed by atoms with Gasteiger partial charge in [0, 0.05) is 16.6 Å². The van der Waals surface area contributed by atoms with E-state index < -0.39 is 6.10 Å². The van der Waals surface area contributed by atoms with Gasteiger partial charge in [-0.05, 0) is 30.2 Å². The Morgan fingerprint density at radius 1 is 1.35 bits per heavy atom. The molecule has 0 fully saturated rings. The number of amides is 1. The highest BCUT2D eigenvalue weighted by Gasteiger charge is 2.13. The van der Waals surface area contributed by atoms with Crippen LogP contribution in [-0.4, -0.2) is 17.6 Å². The third kappa shape index (κ3) is 4.94. The van der Waals surface area contributed by atoms with E-state index >= 15 is 0 Å². The molecule has 0 radical (unpaired) electrons. The van der Waals surface area contributed by atoms with Crippen LogP contribution in [0.1, 0.15) is 31.4 Å². The van der Waals surface area contributed by atoms with Crippen LogP contribution in [0.4, 0.5) is 0 Å². The fraction of sp³-hybridized carbons (Fsp3) is 0.417. The topological polar surface area (TPSA) is 49.3 Å². The number of rotatable bonds is 5. The number of carbonyl (C=O) groups excluding carboxylic acids is 1. The molecule has 0 aliphatic carbocycles. The molecular formula is C12H15Cl2NO2. The van der Waals surface area contributed by atoms with Crippen LogP contribution >= 0.6 is 23.2 Å². The van der Waals surface area contributed by atoms with Gasteiger partial charge in [0.2, 0.25) is 5.91 Å². The van der Waals surface area contributed by atoms with Crippen molar-refractivity contribution in [3.63, 3.8) is 0 Å². The first-order valence-corrected chi connectivity index (χ1v) is 6.19. The molecule has 0 heterocycles. The molecule has 2 N–H and O–H groups in total. The van der Waals surface area contributed by atoms with Crippen molar-refractivity contribution >= 4 is 29.1 Å². The van der Waals surface area contributed by atoms with Gasteiger partial charge in [-0.25, -0.2) is 0 Å². The van der Waals surface area contributed by atoms with E-state index in [4.69, 9.17) is 23.2 Å². The SMILES string of the molecule is CCCNC(=O)CC(O)c1cc(Cl)cc(Cl)c1. The van der Waals surface area contributed by atoms with Crippen molar-refractivity contribution in [2.24, 2.45) is 0 Å². The summed E-state index contributed by atoms with van der Waals surface area (Å²) in [6.07, 6.45) is -0.00957. The molecule has 3 nitrogen and oxygen atoms in total. The minimum absolute atomic E-state index is 0.0106. The molecule has 1 amide bonds. The van der Waals surface area contributed by atoms with Crippen molar-refractivity contribution < 1.29 is 9.90 Å². The van der Waals surface area contributed by atoms with Crippen molar-refractivity contribution in [2.75, 3.05) is 6.54 Å². The minimum atomic E-state index is -0.886. The Hall–Kier alpha value is -0.770. The molecule has 0 saturated carbocycles. The van der Waals surface area contributed by atoms with Crippen LogP contribution in [0.5, 0.6) is 0 Å². The second kappa shape index (κ2) is 6.84. The average molecular weight is 276 g/mol. The van der Waals surface area contributed by atoms with Crippen LogP contribution in [0.25, 0.3) is 0 Å². The van der Waals surface area contributed by atoms with E-state index in [-0.39, 0.29) is 12.3 Å². The molecular weight excluding hydrogens is 261 g/mol. The standard InChI is InChI=1S/C12H15Cl2NO2/c1-2-3-15-12(17)7-11(16)8-4-9(13)6-10(14)5-8/h4-6,11,16H,2-3,7H2,1H3,(H,15,17). The van der Waals surface area contributed by atoms with Gasteiger partial charge < -0.3 is 10.4 Å². The first kappa shape index (κ1) is 14.3. The first-order chi connectivity index (χ1) is 8.02. The Labute approximate surface area is 111 Å². The smallest absolute Gasteiger partial charge is 0.222 e. The molecule has 1 aromatic rings. The average Bonchev–Trinajstić information content (AvgIpc) is 2.25. The van der Waals surface area contributed by atoms with E-state index in [0.29, 0.717) is 22.2 Å². The maximum Gasteiger partial charge on any atom is 0.222 e. The van der Waals surface area contributed by atoms with Gasteiger partial charge in [-0.2, -0.15) is 0 Å².